The lowest BCUT2D eigenvalue weighted by atomic mass is 10.0. The van der Waals surface area contributed by atoms with Crippen LogP contribution in [0.5, 0.6) is 5.75 Å². The van der Waals surface area contributed by atoms with Gasteiger partial charge in [0.2, 0.25) is 0 Å². The zero-order chi connectivity index (χ0) is 19.6. The minimum Gasteiger partial charge on any atom is -0.496 e. The van der Waals surface area contributed by atoms with Crippen molar-refractivity contribution in [2.45, 2.75) is 18.9 Å². The average molecular weight is 371 g/mol. The molecule has 1 aromatic heterocycles. The number of ether oxygens (including phenoxy) is 1. The number of nitrogens with zero attached hydrogens (tertiary/aromatic N) is 3. The van der Waals surface area contributed by atoms with Crippen molar-refractivity contribution in [2.75, 3.05) is 34.3 Å². The van der Waals surface area contributed by atoms with Crippen LogP contribution in [0.1, 0.15) is 23.3 Å². The van der Waals surface area contributed by atoms with Crippen LogP contribution < -0.4 is 4.74 Å². The number of methoxy groups -OCH3 is 1. The van der Waals surface area contributed by atoms with E-state index in [1.54, 1.807) is 18.1 Å². The summed E-state index contributed by atoms with van der Waals surface area (Å²) in [5, 5.41) is 10.3. The van der Waals surface area contributed by atoms with Crippen LogP contribution in [0.25, 0.3) is 10.9 Å². The van der Waals surface area contributed by atoms with Gasteiger partial charge in [0.25, 0.3) is 5.91 Å². The third-order valence-electron chi connectivity index (χ3n) is 5.20. The number of pyridine rings is 1. The summed E-state index contributed by atoms with van der Waals surface area (Å²) in [5.41, 5.74) is 0.947. The van der Waals surface area contributed by atoms with Gasteiger partial charge in [0, 0.05) is 30.6 Å². The minimum atomic E-state index is -0.865. The molecule has 1 aromatic carbocycles. The molecule has 2 heterocycles. The number of hydrogen-bond acceptors (Lipinski definition) is 5. The Hall–Kier alpha value is -2.67. The molecule has 1 fully saturated rings. The van der Waals surface area contributed by atoms with Crippen molar-refractivity contribution in [2.24, 2.45) is 5.92 Å². The van der Waals surface area contributed by atoms with Crippen molar-refractivity contribution in [3.05, 3.63) is 36.0 Å². The van der Waals surface area contributed by atoms with Gasteiger partial charge in [-0.1, -0.05) is 12.1 Å². The van der Waals surface area contributed by atoms with Gasteiger partial charge in [-0.25, -0.2) is 4.98 Å². The van der Waals surface area contributed by atoms with E-state index in [0.29, 0.717) is 24.2 Å². The highest BCUT2D eigenvalue weighted by atomic mass is 16.5. The summed E-state index contributed by atoms with van der Waals surface area (Å²) in [7, 11) is 5.46. The SMILES string of the molecule is COc1cc(C(=O)N2C[C@@H](C(=O)O)CC[C@@H](N(C)C)C2)nc2ccccc12. The number of para-hydroxylation sites is 1. The van der Waals surface area contributed by atoms with E-state index < -0.39 is 11.9 Å². The Bertz CT molecular complexity index is 852. The zero-order valence-electron chi connectivity index (χ0n) is 15.9. The lowest BCUT2D eigenvalue weighted by Gasteiger charge is -2.28. The number of fused-ring (bicyclic) bond motifs is 1. The van der Waals surface area contributed by atoms with Gasteiger partial charge in [-0.2, -0.15) is 0 Å². The molecule has 7 nitrogen and oxygen atoms in total. The Morgan fingerprint density at radius 2 is 1.96 bits per heavy atom. The molecule has 1 aliphatic rings. The van der Waals surface area contributed by atoms with E-state index in [4.69, 9.17) is 4.74 Å². The van der Waals surface area contributed by atoms with Crippen LogP contribution in [-0.2, 0) is 4.79 Å². The second-order valence-electron chi connectivity index (χ2n) is 7.17. The third kappa shape index (κ3) is 4.03. The van der Waals surface area contributed by atoms with Gasteiger partial charge in [0.1, 0.15) is 11.4 Å². The highest BCUT2D eigenvalue weighted by Gasteiger charge is 2.32. The summed E-state index contributed by atoms with van der Waals surface area (Å²) in [4.78, 5) is 32.9. The molecule has 1 N–H and O–H groups in total. The number of likely N-dealkylation sites (tertiary alicyclic amines) is 1. The van der Waals surface area contributed by atoms with E-state index >= 15 is 0 Å². The van der Waals surface area contributed by atoms with Crippen LogP contribution in [0.15, 0.2) is 30.3 Å². The molecule has 2 aromatic rings. The van der Waals surface area contributed by atoms with E-state index in [2.05, 4.69) is 4.98 Å². The van der Waals surface area contributed by atoms with Gasteiger partial charge in [0.05, 0.1) is 18.5 Å². The largest absolute Gasteiger partial charge is 0.496 e. The lowest BCUT2D eigenvalue weighted by Crippen LogP contribution is -2.43. The van der Waals surface area contributed by atoms with E-state index in [-0.39, 0.29) is 24.2 Å². The number of likely N-dealkylation sites (N-methyl/N-ethyl adjacent to an activating group) is 1. The summed E-state index contributed by atoms with van der Waals surface area (Å²) < 4.78 is 5.44. The summed E-state index contributed by atoms with van der Waals surface area (Å²) in [5.74, 6) is -1.12. The molecule has 1 amide bonds. The fourth-order valence-corrected chi connectivity index (χ4v) is 3.54. The molecule has 1 aliphatic heterocycles. The zero-order valence-corrected chi connectivity index (χ0v) is 15.9. The maximum Gasteiger partial charge on any atom is 0.308 e. The van der Waals surface area contributed by atoms with Gasteiger partial charge >= 0.3 is 5.97 Å². The second kappa shape index (κ2) is 7.92. The number of carboxylic acid groups (broad SMARTS) is 1. The molecule has 2 atom stereocenters. The number of aromatic nitrogens is 1. The Morgan fingerprint density at radius 1 is 1.22 bits per heavy atom. The normalized spacial score (nSPS) is 20.5. The Kier molecular flexibility index (Phi) is 5.60. The fraction of sp³-hybridized carbons (Fsp3) is 0.450. The van der Waals surface area contributed by atoms with Crippen LogP contribution in [-0.4, -0.2) is 72.1 Å². The lowest BCUT2D eigenvalue weighted by molar-refractivity contribution is -0.142. The number of carbonyl (C=O) groups excluding carboxylic acids is 1. The molecule has 144 valence electrons. The first kappa shape index (κ1) is 19.1. The van der Waals surface area contributed by atoms with Crippen LogP contribution in [0.3, 0.4) is 0 Å². The molecule has 0 radical (unpaired) electrons. The molecular weight excluding hydrogens is 346 g/mol. The van der Waals surface area contributed by atoms with Crippen LogP contribution in [0.2, 0.25) is 0 Å². The maximum absolute atomic E-state index is 13.2. The summed E-state index contributed by atoms with van der Waals surface area (Å²) in [6.45, 7) is 0.668. The number of carboxylic acids is 1. The average Bonchev–Trinajstić information content (AvgIpc) is 2.90. The Balaban J connectivity index is 1.96. The van der Waals surface area contributed by atoms with Gasteiger partial charge in [-0.3, -0.25) is 9.59 Å². The number of benzene rings is 1. The van der Waals surface area contributed by atoms with Crippen LogP contribution in [0.4, 0.5) is 0 Å². The topological polar surface area (TPSA) is 83.0 Å². The summed E-state index contributed by atoms with van der Waals surface area (Å²) in [6, 6.07) is 9.22. The van der Waals surface area contributed by atoms with Crippen molar-refractivity contribution in [1.82, 2.24) is 14.8 Å². The van der Waals surface area contributed by atoms with Gasteiger partial charge in [0.15, 0.2) is 0 Å². The van der Waals surface area contributed by atoms with E-state index in [9.17, 15) is 14.7 Å². The Labute approximate surface area is 158 Å². The number of carbonyl (C=O) groups is 2. The van der Waals surface area contributed by atoms with E-state index in [0.717, 1.165) is 11.8 Å². The predicted molar refractivity (Wildman–Crippen MR) is 102 cm³/mol. The first-order chi connectivity index (χ1) is 12.9. The number of hydrogen-bond donors (Lipinski definition) is 1. The number of rotatable bonds is 4. The molecule has 1 saturated heterocycles. The number of amides is 1. The van der Waals surface area contributed by atoms with Crippen molar-refractivity contribution in [1.29, 1.82) is 0 Å². The maximum atomic E-state index is 13.2. The van der Waals surface area contributed by atoms with Crippen molar-refractivity contribution in [3.8, 4) is 5.75 Å². The van der Waals surface area contributed by atoms with Crippen molar-refractivity contribution >= 4 is 22.8 Å². The molecule has 27 heavy (non-hydrogen) atoms. The smallest absolute Gasteiger partial charge is 0.308 e. The summed E-state index contributed by atoms with van der Waals surface area (Å²) in [6.07, 6.45) is 1.29. The molecule has 0 unspecified atom stereocenters. The minimum absolute atomic E-state index is 0.112. The molecule has 0 bridgehead atoms. The highest BCUT2D eigenvalue weighted by Crippen LogP contribution is 2.27. The van der Waals surface area contributed by atoms with E-state index in [1.807, 2.05) is 43.3 Å². The van der Waals surface area contributed by atoms with Gasteiger partial charge in [-0.05, 0) is 39.1 Å². The first-order valence-corrected chi connectivity index (χ1v) is 9.03. The molecule has 0 saturated carbocycles. The monoisotopic (exact) mass is 371 g/mol. The van der Waals surface area contributed by atoms with Gasteiger partial charge in [-0.15, -0.1) is 0 Å². The molecule has 0 spiro atoms. The van der Waals surface area contributed by atoms with Crippen LogP contribution in [0, 0.1) is 5.92 Å². The second-order valence-corrected chi connectivity index (χ2v) is 7.17. The predicted octanol–water partition coefficient (Wildman–Crippen LogP) is 2.11. The molecule has 7 heteroatoms. The molecule has 3 rings (SSSR count). The first-order valence-electron chi connectivity index (χ1n) is 9.03. The van der Waals surface area contributed by atoms with Crippen LogP contribution >= 0.6 is 0 Å². The van der Waals surface area contributed by atoms with E-state index in [1.165, 1.54) is 0 Å². The number of aliphatic carboxylic acids is 1. The standard InChI is InChI=1S/C20H25N3O4/c1-22(2)14-9-8-13(20(25)26)11-23(12-14)19(24)17-10-18(27-3)15-6-4-5-7-16(15)21-17/h4-7,10,13-14H,8-9,11-12H2,1-3H3,(H,25,26)/t13-,14+/m0/s1. The third-order valence-corrected chi connectivity index (χ3v) is 5.20. The van der Waals surface area contributed by atoms with Crippen molar-refractivity contribution < 1.29 is 19.4 Å². The fourth-order valence-electron chi connectivity index (χ4n) is 3.54. The Morgan fingerprint density at radius 3 is 2.63 bits per heavy atom. The van der Waals surface area contributed by atoms with Crippen molar-refractivity contribution in [3.63, 3.8) is 0 Å². The quantitative estimate of drug-likeness (QED) is 0.886. The highest BCUT2D eigenvalue weighted by molar-refractivity contribution is 5.97. The summed E-state index contributed by atoms with van der Waals surface area (Å²) >= 11 is 0. The molecule has 0 aliphatic carbocycles. The molecular formula is C20H25N3O4. The van der Waals surface area contributed by atoms with Gasteiger partial charge < -0.3 is 19.6 Å².